The van der Waals surface area contributed by atoms with Crippen molar-refractivity contribution >= 4 is 17.4 Å². The zero-order valence-electron chi connectivity index (χ0n) is 19.8. The van der Waals surface area contributed by atoms with E-state index in [1.54, 1.807) is 54.6 Å². The summed E-state index contributed by atoms with van der Waals surface area (Å²) in [6.07, 6.45) is 2.33. The number of carbonyl (C=O) groups is 2. The second-order valence-electron chi connectivity index (χ2n) is 8.00. The fourth-order valence-corrected chi connectivity index (χ4v) is 4.09. The molecule has 1 aliphatic rings. The van der Waals surface area contributed by atoms with Gasteiger partial charge in [-0.2, -0.15) is 0 Å². The number of amides is 1. The van der Waals surface area contributed by atoms with E-state index in [4.69, 9.17) is 18.6 Å². The molecule has 35 heavy (non-hydrogen) atoms. The highest BCUT2D eigenvalue weighted by Crippen LogP contribution is 2.42. The van der Waals surface area contributed by atoms with Gasteiger partial charge in [0.1, 0.15) is 17.3 Å². The number of rotatable bonds is 9. The van der Waals surface area contributed by atoms with Gasteiger partial charge in [0.15, 0.2) is 11.5 Å². The molecule has 0 aliphatic carbocycles. The first kappa shape index (κ1) is 23.9. The number of aliphatic hydroxyl groups is 1. The summed E-state index contributed by atoms with van der Waals surface area (Å²) in [5.74, 6) is 0.196. The van der Waals surface area contributed by atoms with Gasteiger partial charge in [-0.05, 0) is 48.4 Å². The van der Waals surface area contributed by atoms with E-state index in [1.165, 1.54) is 25.4 Å². The van der Waals surface area contributed by atoms with Crippen molar-refractivity contribution in [2.24, 2.45) is 0 Å². The van der Waals surface area contributed by atoms with Crippen LogP contribution in [0.4, 0.5) is 0 Å². The van der Waals surface area contributed by atoms with Crippen LogP contribution in [0.2, 0.25) is 0 Å². The molecule has 2 aromatic carbocycles. The molecule has 1 unspecified atom stereocenters. The van der Waals surface area contributed by atoms with Gasteiger partial charge in [-0.25, -0.2) is 0 Å². The summed E-state index contributed by atoms with van der Waals surface area (Å²) in [5.41, 5.74) is 0.926. The average molecular weight is 478 g/mol. The van der Waals surface area contributed by atoms with Crippen molar-refractivity contribution in [1.29, 1.82) is 0 Å². The Kier molecular flexibility index (Phi) is 7.10. The molecule has 3 aromatic rings. The van der Waals surface area contributed by atoms with Crippen molar-refractivity contribution in [1.82, 2.24) is 4.90 Å². The molecular weight excluding hydrogens is 450 g/mol. The first-order valence-corrected chi connectivity index (χ1v) is 11.2. The molecule has 1 amide bonds. The van der Waals surface area contributed by atoms with Crippen LogP contribution >= 0.6 is 0 Å². The maximum atomic E-state index is 13.3. The summed E-state index contributed by atoms with van der Waals surface area (Å²) in [7, 11) is 3.03. The van der Waals surface area contributed by atoms with Gasteiger partial charge in [-0.1, -0.05) is 25.1 Å². The number of nitrogens with zero attached hydrogens (tertiary/aromatic N) is 1. The van der Waals surface area contributed by atoms with Crippen molar-refractivity contribution in [2.45, 2.75) is 25.9 Å². The van der Waals surface area contributed by atoms with E-state index < -0.39 is 17.7 Å². The first-order chi connectivity index (χ1) is 17.0. The molecule has 0 radical (unpaired) electrons. The molecule has 4 rings (SSSR count). The fourth-order valence-electron chi connectivity index (χ4n) is 4.09. The molecular formula is C27H27NO7. The Balaban J connectivity index is 1.85. The summed E-state index contributed by atoms with van der Waals surface area (Å²) in [5, 5.41) is 11.3. The molecule has 1 aliphatic heterocycles. The summed E-state index contributed by atoms with van der Waals surface area (Å²) >= 11 is 0. The number of hydrogen-bond acceptors (Lipinski definition) is 7. The molecule has 8 heteroatoms. The molecule has 0 saturated carbocycles. The maximum absolute atomic E-state index is 13.3. The lowest BCUT2D eigenvalue weighted by molar-refractivity contribution is -0.140. The third kappa shape index (κ3) is 4.73. The lowest BCUT2D eigenvalue weighted by Crippen LogP contribution is -2.29. The lowest BCUT2D eigenvalue weighted by Gasteiger charge is -2.25. The second-order valence-corrected chi connectivity index (χ2v) is 8.00. The SMILES string of the molecule is CCCOc1cccc(C(O)=C2C(=O)C(=O)N(Cc3ccco3)C2c2ccc(OC)c(OC)c2)c1. The minimum atomic E-state index is -0.875. The molecule has 0 bridgehead atoms. The van der Waals surface area contributed by atoms with Crippen LogP contribution in [0.5, 0.6) is 17.2 Å². The number of furan rings is 1. The third-order valence-electron chi connectivity index (χ3n) is 5.75. The number of ether oxygens (including phenoxy) is 3. The fraction of sp³-hybridized carbons (Fsp3) is 0.259. The first-order valence-electron chi connectivity index (χ1n) is 11.2. The number of carbonyl (C=O) groups excluding carboxylic acids is 2. The van der Waals surface area contributed by atoms with E-state index in [0.29, 0.717) is 40.7 Å². The minimum absolute atomic E-state index is 0.0265. The Hall–Kier alpha value is -4.20. The highest BCUT2D eigenvalue weighted by Gasteiger charge is 2.46. The van der Waals surface area contributed by atoms with Gasteiger partial charge in [0.2, 0.25) is 0 Å². The highest BCUT2D eigenvalue weighted by atomic mass is 16.5. The van der Waals surface area contributed by atoms with Gasteiger partial charge >= 0.3 is 0 Å². The van der Waals surface area contributed by atoms with Gasteiger partial charge in [0, 0.05) is 5.56 Å². The van der Waals surface area contributed by atoms with E-state index in [2.05, 4.69) is 0 Å². The molecule has 1 aromatic heterocycles. The van der Waals surface area contributed by atoms with Crippen LogP contribution in [0.15, 0.2) is 70.9 Å². The standard InChI is InChI=1S/C27H27NO7/c1-4-12-34-19-8-5-7-18(14-19)25(29)23-24(17-10-11-21(32-2)22(15-17)33-3)28(27(31)26(23)30)16-20-9-6-13-35-20/h5-11,13-15,24,29H,4,12,16H2,1-3H3. The molecule has 1 fully saturated rings. The normalized spacial score (nSPS) is 17.0. The Bertz CT molecular complexity index is 1250. The maximum Gasteiger partial charge on any atom is 0.296 e. The van der Waals surface area contributed by atoms with Gasteiger partial charge in [-0.15, -0.1) is 0 Å². The summed E-state index contributed by atoms with van der Waals surface area (Å²) in [4.78, 5) is 27.8. The van der Waals surface area contributed by atoms with Crippen LogP contribution in [0.1, 0.15) is 36.3 Å². The molecule has 1 atom stereocenters. The van der Waals surface area contributed by atoms with E-state index in [-0.39, 0.29) is 17.9 Å². The minimum Gasteiger partial charge on any atom is -0.507 e. The predicted octanol–water partition coefficient (Wildman–Crippen LogP) is 4.71. The van der Waals surface area contributed by atoms with Gasteiger partial charge in [0.05, 0.1) is 45.2 Å². The van der Waals surface area contributed by atoms with Crippen LogP contribution in [0.25, 0.3) is 5.76 Å². The second kappa shape index (κ2) is 10.4. The molecule has 2 heterocycles. The van der Waals surface area contributed by atoms with Crippen LogP contribution in [0, 0.1) is 0 Å². The number of aliphatic hydroxyl groups excluding tert-OH is 1. The topological polar surface area (TPSA) is 98.4 Å². The van der Waals surface area contributed by atoms with E-state index in [0.717, 1.165) is 6.42 Å². The Labute approximate surface area is 203 Å². The number of Topliss-reactive ketones (excluding diaryl/α,β-unsaturated/α-hetero) is 1. The highest BCUT2D eigenvalue weighted by molar-refractivity contribution is 6.46. The average Bonchev–Trinajstić information content (AvgIpc) is 3.49. The van der Waals surface area contributed by atoms with Crippen molar-refractivity contribution in [3.05, 3.63) is 83.3 Å². The third-order valence-corrected chi connectivity index (χ3v) is 5.75. The predicted molar refractivity (Wildman–Crippen MR) is 128 cm³/mol. The number of likely N-dealkylation sites (tertiary alicyclic amines) is 1. The Morgan fingerprint density at radius 3 is 2.51 bits per heavy atom. The summed E-state index contributed by atoms with van der Waals surface area (Å²) < 4.78 is 21.9. The molecule has 0 spiro atoms. The van der Waals surface area contributed by atoms with E-state index in [9.17, 15) is 14.7 Å². The zero-order chi connectivity index (χ0) is 24.9. The molecule has 182 valence electrons. The lowest BCUT2D eigenvalue weighted by atomic mass is 9.95. The number of benzene rings is 2. The smallest absolute Gasteiger partial charge is 0.296 e. The van der Waals surface area contributed by atoms with Crippen LogP contribution < -0.4 is 14.2 Å². The Morgan fingerprint density at radius 1 is 1.03 bits per heavy atom. The molecule has 1 saturated heterocycles. The monoisotopic (exact) mass is 477 g/mol. The largest absolute Gasteiger partial charge is 0.507 e. The van der Waals surface area contributed by atoms with Crippen molar-refractivity contribution in [3.8, 4) is 17.2 Å². The van der Waals surface area contributed by atoms with Crippen molar-refractivity contribution < 1.29 is 33.3 Å². The summed E-state index contributed by atoms with van der Waals surface area (Å²) in [6, 6.07) is 14.5. The van der Waals surface area contributed by atoms with Crippen LogP contribution in [-0.2, 0) is 16.1 Å². The van der Waals surface area contributed by atoms with E-state index in [1.807, 2.05) is 6.92 Å². The number of methoxy groups -OCH3 is 2. The Morgan fingerprint density at radius 2 is 1.83 bits per heavy atom. The van der Waals surface area contributed by atoms with Crippen LogP contribution in [0.3, 0.4) is 0 Å². The number of ketones is 1. The zero-order valence-corrected chi connectivity index (χ0v) is 19.8. The van der Waals surface area contributed by atoms with Crippen molar-refractivity contribution in [3.63, 3.8) is 0 Å². The van der Waals surface area contributed by atoms with E-state index >= 15 is 0 Å². The van der Waals surface area contributed by atoms with Gasteiger partial charge in [-0.3, -0.25) is 9.59 Å². The summed E-state index contributed by atoms with van der Waals surface area (Å²) in [6.45, 7) is 2.56. The quantitative estimate of drug-likeness (QED) is 0.271. The van der Waals surface area contributed by atoms with Gasteiger partial charge < -0.3 is 28.6 Å². The van der Waals surface area contributed by atoms with Crippen LogP contribution in [-0.4, -0.2) is 42.5 Å². The van der Waals surface area contributed by atoms with Crippen molar-refractivity contribution in [2.75, 3.05) is 20.8 Å². The molecule has 8 nitrogen and oxygen atoms in total. The number of hydrogen-bond donors (Lipinski definition) is 1. The molecule has 1 N–H and O–H groups in total. The van der Waals surface area contributed by atoms with Gasteiger partial charge in [0.25, 0.3) is 11.7 Å².